The van der Waals surface area contributed by atoms with Gasteiger partial charge in [0.1, 0.15) is 5.01 Å². The number of nitriles is 1. The molecule has 6 nitrogen and oxygen atoms in total. The lowest BCUT2D eigenvalue weighted by molar-refractivity contribution is 0.180. The van der Waals surface area contributed by atoms with Crippen LogP contribution in [0.2, 0.25) is 0 Å². The van der Waals surface area contributed by atoms with Crippen LogP contribution >= 0.6 is 11.3 Å². The quantitative estimate of drug-likeness (QED) is 0.609. The first-order valence-corrected chi connectivity index (χ1v) is 12.0. The molecule has 0 bridgehead atoms. The van der Waals surface area contributed by atoms with E-state index in [-0.39, 0.29) is 4.90 Å². The van der Waals surface area contributed by atoms with Gasteiger partial charge in [-0.2, -0.15) is 9.57 Å². The van der Waals surface area contributed by atoms with E-state index in [9.17, 15) is 8.42 Å². The highest BCUT2D eigenvalue weighted by Crippen LogP contribution is 2.25. The smallest absolute Gasteiger partial charge is 0.243 e. The summed E-state index contributed by atoms with van der Waals surface area (Å²) in [6.07, 6.45) is 0. The molecule has 0 N–H and O–H groups in total. The Kier molecular flexibility index (Phi) is 5.97. The lowest BCUT2D eigenvalue weighted by Crippen LogP contribution is -2.48. The molecule has 3 aromatic rings. The van der Waals surface area contributed by atoms with Crippen molar-refractivity contribution in [3.63, 3.8) is 0 Å². The van der Waals surface area contributed by atoms with E-state index in [4.69, 9.17) is 10.2 Å². The van der Waals surface area contributed by atoms with Crippen molar-refractivity contribution < 1.29 is 8.42 Å². The summed E-state index contributed by atoms with van der Waals surface area (Å²) in [6, 6.07) is 16.4. The van der Waals surface area contributed by atoms with E-state index < -0.39 is 10.0 Å². The van der Waals surface area contributed by atoms with E-state index in [0.29, 0.717) is 38.3 Å². The summed E-state index contributed by atoms with van der Waals surface area (Å²) in [4.78, 5) is 7.22. The zero-order chi connectivity index (χ0) is 21.1. The lowest BCUT2D eigenvalue weighted by Gasteiger charge is -2.33. The summed E-state index contributed by atoms with van der Waals surface area (Å²) in [7, 11) is -3.54. The standard InChI is InChI=1S/C22H22N4O2S2/c1-17-2-6-19(7-3-17)22-24-20(16-29-22)15-25-10-12-26(13-11-25)30(27,28)21-8-4-18(14-23)5-9-21/h2-9,16H,10-13,15H2,1H3. The summed E-state index contributed by atoms with van der Waals surface area (Å²) in [6.45, 7) is 4.99. The van der Waals surface area contributed by atoms with E-state index >= 15 is 0 Å². The fraction of sp³-hybridized carbons (Fsp3) is 0.273. The number of rotatable bonds is 5. The minimum atomic E-state index is -3.54. The highest BCUT2D eigenvalue weighted by atomic mass is 32.2. The van der Waals surface area contributed by atoms with Crippen LogP contribution in [0.5, 0.6) is 0 Å². The van der Waals surface area contributed by atoms with Crippen molar-refractivity contribution in [1.29, 1.82) is 5.26 Å². The van der Waals surface area contributed by atoms with Gasteiger partial charge in [0.25, 0.3) is 0 Å². The van der Waals surface area contributed by atoms with Crippen LogP contribution in [0.25, 0.3) is 10.6 Å². The first kappa shape index (κ1) is 20.7. The normalized spacial score (nSPS) is 15.7. The molecule has 1 saturated heterocycles. The van der Waals surface area contributed by atoms with Crippen LogP contribution in [0.15, 0.2) is 58.8 Å². The van der Waals surface area contributed by atoms with E-state index in [1.54, 1.807) is 11.3 Å². The first-order valence-electron chi connectivity index (χ1n) is 9.70. The SMILES string of the molecule is Cc1ccc(-c2nc(CN3CCN(S(=O)(=O)c4ccc(C#N)cc4)CC3)cs2)cc1. The van der Waals surface area contributed by atoms with Crippen molar-refractivity contribution in [3.8, 4) is 16.6 Å². The molecule has 0 saturated carbocycles. The predicted molar refractivity (Wildman–Crippen MR) is 117 cm³/mol. The molecule has 0 radical (unpaired) electrons. The summed E-state index contributed by atoms with van der Waals surface area (Å²) in [5.41, 5.74) is 3.81. The minimum absolute atomic E-state index is 0.234. The number of hydrogen-bond acceptors (Lipinski definition) is 6. The van der Waals surface area contributed by atoms with Gasteiger partial charge >= 0.3 is 0 Å². The molecule has 0 amide bonds. The van der Waals surface area contributed by atoms with Crippen LogP contribution in [0.1, 0.15) is 16.8 Å². The lowest BCUT2D eigenvalue weighted by atomic mass is 10.2. The van der Waals surface area contributed by atoms with Crippen molar-refractivity contribution in [2.24, 2.45) is 0 Å². The van der Waals surface area contributed by atoms with Gasteiger partial charge in [-0.1, -0.05) is 29.8 Å². The van der Waals surface area contributed by atoms with Crippen molar-refractivity contribution in [3.05, 3.63) is 70.7 Å². The second-order valence-corrected chi connectivity index (χ2v) is 10.1. The maximum Gasteiger partial charge on any atom is 0.243 e. The Morgan fingerprint density at radius 3 is 2.33 bits per heavy atom. The van der Waals surface area contributed by atoms with E-state index in [2.05, 4.69) is 41.5 Å². The van der Waals surface area contributed by atoms with Crippen LogP contribution in [0.4, 0.5) is 0 Å². The van der Waals surface area contributed by atoms with Gasteiger partial charge in [0.2, 0.25) is 10.0 Å². The Labute approximate surface area is 181 Å². The van der Waals surface area contributed by atoms with Crippen LogP contribution in [0, 0.1) is 18.3 Å². The molecule has 1 fully saturated rings. The number of sulfonamides is 1. The van der Waals surface area contributed by atoms with Gasteiger partial charge in [-0.15, -0.1) is 11.3 Å². The largest absolute Gasteiger partial charge is 0.295 e. The minimum Gasteiger partial charge on any atom is -0.295 e. The second kappa shape index (κ2) is 8.66. The van der Waals surface area contributed by atoms with Gasteiger partial charge in [-0.05, 0) is 31.2 Å². The summed E-state index contributed by atoms with van der Waals surface area (Å²) in [5, 5.41) is 12.0. The molecular weight excluding hydrogens is 416 g/mol. The summed E-state index contributed by atoms with van der Waals surface area (Å²) < 4.78 is 27.2. The third kappa shape index (κ3) is 4.45. The van der Waals surface area contributed by atoms with E-state index in [0.717, 1.165) is 16.3 Å². The molecule has 4 rings (SSSR count). The average Bonchev–Trinajstić information content (AvgIpc) is 3.23. The molecule has 0 spiro atoms. The molecule has 2 heterocycles. The Hall–Kier alpha value is -2.57. The molecular formula is C22H22N4O2S2. The number of thiazole rings is 1. The zero-order valence-corrected chi connectivity index (χ0v) is 18.3. The van der Waals surface area contributed by atoms with Crippen LogP contribution < -0.4 is 0 Å². The maximum atomic E-state index is 12.8. The number of hydrogen-bond donors (Lipinski definition) is 0. The number of aryl methyl sites for hydroxylation is 1. The van der Waals surface area contributed by atoms with Gasteiger partial charge in [0.15, 0.2) is 0 Å². The van der Waals surface area contributed by atoms with E-state index in [1.165, 1.54) is 34.1 Å². The molecule has 8 heteroatoms. The predicted octanol–water partition coefficient (Wildman–Crippen LogP) is 3.50. The molecule has 1 aromatic heterocycles. The molecule has 0 aliphatic carbocycles. The number of piperazine rings is 1. The van der Waals surface area contributed by atoms with E-state index in [1.807, 2.05) is 6.07 Å². The van der Waals surface area contributed by atoms with Gasteiger partial charge < -0.3 is 0 Å². The molecule has 30 heavy (non-hydrogen) atoms. The Balaban J connectivity index is 1.37. The Morgan fingerprint density at radius 1 is 1.03 bits per heavy atom. The molecule has 154 valence electrons. The van der Waals surface area contributed by atoms with Crippen molar-refractivity contribution >= 4 is 21.4 Å². The number of benzene rings is 2. The van der Waals surface area contributed by atoms with Crippen LogP contribution in [-0.4, -0.2) is 48.8 Å². The molecule has 0 atom stereocenters. The molecule has 2 aromatic carbocycles. The highest BCUT2D eigenvalue weighted by Gasteiger charge is 2.28. The summed E-state index contributed by atoms with van der Waals surface area (Å²) in [5.74, 6) is 0. The third-order valence-corrected chi connectivity index (χ3v) is 8.04. The average molecular weight is 439 g/mol. The fourth-order valence-corrected chi connectivity index (χ4v) is 5.66. The number of aromatic nitrogens is 1. The van der Waals surface area contributed by atoms with Gasteiger partial charge in [0.05, 0.1) is 22.2 Å². The van der Waals surface area contributed by atoms with Crippen LogP contribution in [0.3, 0.4) is 0 Å². The van der Waals surface area contributed by atoms with Crippen molar-refractivity contribution in [1.82, 2.24) is 14.2 Å². The van der Waals surface area contributed by atoms with Gasteiger partial charge in [-0.3, -0.25) is 4.90 Å². The Bertz CT molecular complexity index is 1160. The van der Waals surface area contributed by atoms with Crippen molar-refractivity contribution in [2.75, 3.05) is 26.2 Å². The second-order valence-electron chi connectivity index (χ2n) is 7.33. The number of nitrogens with zero attached hydrogens (tertiary/aromatic N) is 4. The highest BCUT2D eigenvalue weighted by molar-refractivity contribution is 7.89. The summed E-state index contributed by atoms with van der Waals surface area (Å²) >= 11 is 1.64. The fourth-order valence-electron chi connectivity index (χ4n) is 3.42. The molecule has 0 unspecified atom stereocenters. The van der Waals surface area contributed by atoms with Gasteiger partial charge in [0, 0.05) is 43.7 Å². The monoisotopic (exact) mass is 438 g/mol. The first-order chi connectivity index (χ1) is 14.5. The molecule has 1 aliphatic rings. The van der Waals surface area contributed by atoms with Crippen LogP contribution in [-0.2, 0) is 16.6 Å². The van der Waals surface area contributed by atoms with Gasteiger partial charge in [-0.25, -0.2) is 13.4 Å². The van der Waals surface area contributed by atoms with Crippen molar-refractivity contribution in [2.45, 2.75) is 18.4 Å². The zero-order valence-electron chi connectivity index (χ0n) is 16.7. The molecule has 1 aliphatic heterocycles. The Morgan fingerprint density at radius 2 is 1.70 bits per heavy atom. The topological polar surface area (TPSA) is 77.3 Å². The maximum absolute atomic E-state index is 12.8. The third-order valence-electron chi connectivity index (χ3n) is 5.19.